The lowest BCUT2D eigenvalue weighted by Gasteiger charge is -2.31. The molecule has 0 aromatic heterocycles. The zero-order valence-corrected chi connectivity index (χ0v) is 13.0. The van der Waals surface area contributed by atoms with Gasteiger partial charge in [-0.1, -0.05) is 12.1 Å². The molecule has 0 unspecified atom stereocenters. The third-order valence-corrected chi connectivity index (χ3v) is 3.55. The molecule has 0 radical (unpaired) electrons. The summed E-state index contributed by atoms with van der Waals surface area (Å²) in [6.45, 7) is 10.4. The zero-order chi connectivity index (χ0) is 15.2. The molecule has 0 aliphatic carbocycles. The van der Waals surface area contributed by atoms with Crippen LogP contribution < -0.4 is 5.73 Å². The lowest BCUT2D eigenvalue weighted by Crippen LogP contribution is -2.44. The first kappa shape index (κ1) is 16.5. The first-order chi connectivity index (χ1) is 9.43. The van der Waals surface area contributed by atoms with E-state index in [-0.39, 0.29) is 5.91 Å². The van der Waals surface area contributed by atoms with E-state index in [0.717, 1.165) is 5.56 Å². The maximum absolute atomic E-state index is 12.7. The number of likely N-dealkylation sites (N-methyl/N-ethyl adjacent to an activating group) is 1. The summed E-state index contributed by atoms with van der Waals surface area (Å²) in [6, 6.07) is 7.51. The molecule has 0 spiro atoms. The summed E-state index contributed by atoms with van der Waals surface area (Å²) in [4.78, 5) is 14.6. The van der Waals surface area contributed by atoms with E-state index in [0.29, 0.717) is 32.0 Å². The van der Waals surface area contributed by atoms with E-state index >= 15 is 0 Å². The number of amides is 1. The van der Waals surface area contributed by atoms with Gasteiger partial charge >= 0.3 is 0 Å². The molecular weight excluding hydrogens is 252 g/mol. The Morgan fingerprint density at radius 3 is 2.35 bits per heavy atom. The smallest absolute Gasteiger partial charge is 0.232 e. The van der Waals surface area contributed by atoms with Crippen LogP contribution in [0.4, 0.5) is 5.69 Å². The molecule has 0 fully saturated rings. The zero-order valence-electron chi connectivity index (χ0n) is 13.0. The molecule has 4 heteroatoms. The Balaban J connectivity index is 2.83. The minimum Gasteiger partial charge on any atom is -0.399 e. The predicted octanol–water partition coefficient (Wildman–Crippen LogP) is 2.43. The topological polar surface area (TPSA) is 55.6 Å². The molecule has 0 saturated heterocycles. The van der Waals surface area contributed by atoms with Gasteiger partial charge < -0.3 is 15.4 Å². The Kier molecular flexibility index (Phi) is 6.02. The Morgan fingerprint density at radius 2 is 1.85 bits per heavy atom. The van der Waals surface area contributed by atoms with Crippen LogP contribution in [-0.2, 0) is 14.9 Å². The van der Waals surface area contributed by atoms with Crippen molar-refractivity contribution in [2.75, 3.05) is 32.0 Å². The highest BCUT2D eigenvalue weighted by Gasteiger charge is 2.32. The molecule has 0 aliphatic heterocycles. The molecule has 0 heterocycles. The summed E-state index contributed by atoms with van der Waals surface area (Å²) < 4.78 is 5.34. The number of carbonyl (C=O) groups is 1. The molecule has 20 heavy (non-hydrogen) atoms. The molecule has 4 nitrogen and oxygen atoms in total. The Hall–Kier alpha value is -1.55. The van der Waals surface area contributed by atoms with Crippen LogP contribution in [0, 0.1) is 0 Å². The quantitative estimate of drug-likeness (QED) is 0.615. The lowest BCUT2D eigenvalue weighted by molar-refractivity contribution is -0.136. The average Bonchev–Trinajstić information content (AvgIpc) is 2.43. The second kappa shape index (κ2) is 7.29. The van der Waals surface area contributed by atoms with Crippen molar-refractivity contribution in [2.24, 2.45) is 0 Å². The van der Waals surface area contributed by atoms with Crippen LogP contribution in [0.5, 0.6) is 0 Å². The van der Waals surface area contributed by atoms with Gasteiger partial charge in [-0.3, -0.25) is 4.79 Å². The largest absolute Gasteiger partial charge is 0.399 e. The van der Waals surface area contributed by atoms with Crippen LogP contribution in [0.2, 0.25) is 0 Å². The monoisotopic (exact) mass is 278 g/mol. The van der Waals surface area contributed by atoms with Crippen LogP contribution in [0.1, 0.15) is 33.3 Å². The van der Waals surface area contributed by atoms with Gasteiger partial charge in [0, 0.05) is 25.4 Å². The lowest BCUT2D eigenvalue weighted by atomic mass is 9.83. The van der Waals surface area contributed by atoms with Crippen molar-refractivity contribution >= 4 is 11.6 Å². The predicted molar refractivity (Wildman–Crippen MR) is 82.6 cm³/mol. The summed E-state index contributed by atoms with van der Waals surface area (Å²) in [5.41, 5.74) is 6.83. The Bertz CT molecular complexity index is 427. The number of benzene rings is 1. The molecule has 1 rings (SSSR count). The fourth-order valence-electron chi connectivity index (χ4n) is 2.14. The van der Waals surface area contributed by atoms with Crippen LogP contribution in [0.15, 0.2) is 24.3 Å². The van der Waals surface area contributed by atoms with E-state index in [1.54, 1.807) is 0 Å². The highest BCUT2D eigenvalue weighted by atomic mass is 16.5. The number of carbonyl (C=O) groups excluding carboxylic acids is 1. The highest BCUT2D eigenvalue weighted by Crippen LogP contribution is 2.26. The summed E-state index contributed by atoms with van der Waals surface area (Å²) >= 11 is 0. The van der Waals surface area contributed by atoms with Crippen LogP contribution in [-0.4, -0.2) is 37.1 Å². The van der Waals surface area contributed by atoms with Gasteiger partial charge in [0.15, 0.2) is 0 Å². The van der Waals surface area contributed by atoms with Crippen molar-refractivity contribution < 1.29 is 9.53 Å². The van der Waals surface area contributed by atoms with Gasteiger partial charge in [0.25, 0.3) is 0 Å². The van der Waals surface area contributed by atoms with Crippen molar-refractivity contribution in [1.29, 1.82) is 0 Å². The molecular formula is C16H26N2O2. The average molecular weight is 278 g/mol. The third kappa shape index (κ3) is 3.97. The minimum absolute atomic E-state index is 0.115. The van der Waals surface area contributed by atoms with Crippen molar-refractivity contribution in [3.8, 4) is 0 Å². The summed E-state index contributed by atoms with van der Waals surface area (Å²) in [5, 5.41) is 0. The van der Waals surface area contributed by atoms with E-state index in [2.05, 4.69) is 0 Å². The number of rotatable bonds is 7. The first-order valence-corrected chi connectivity index (χ1v) is 7.16. The highest BCUT2D eigenvalue weighted by molar-refractivity contribution is 5.87. The van der Waals surface area contributed by atoms with Crippen molar-refractivity contribution in [2.45, 2.75) is 33.1 Å². The molecule has 2 N–H and O–H groups in total. The van der Waals surface area contributed by atoms with Gasteiger partial charge in [-0.05, 0) is 45.4 Å². The maximum Gasteiger partial charge on any atom is 0.232 e. The fourth-order valence-corrected chi connectivity index (χ4v) is 2.14. The molecule has 1 aromatic rings. The molecule has 1 aromatic carbocycles. The standard InChI is InChI=1S/C16H26N2O2/c1-5-18(11-12-20-6-2)15(19)16(3,4)13-7-9-14(17)10-8-13/h7-10H,5-6,11-12,17H2,1-4H3. The van der Waals surface area contributed by atoms with Crippen LogP contribution in [0.25, 0.3) is 0 Å². The number of ether oxygens (including phenoxy) is 1. The normalized spacial score (nSPS) is 11.4. The number of anilines is 1. The van der Waals surface area contributed by atoms with E-state index in [4.69, 9.17) is 10.5 Å². The SMILES string of the molecule is CCOCCN(CC)C(=O)C(C)(C)c1ccc(N)cc1. The van der Waals surface area contributed by atoms with Gasteiger partial charge in [0.2, 0.25) is 5.91 Å². The molecule has 0 aliphatic rings. The number of nitrogen functional groups attached to an aromatic ring is 1. The minimum atomic E-state index is -0.560. The summed E-state index contributed by atoms with van der Waals surface area (Å²) in [5.74, 6) is 0.115. The van der Waals surface area contributed by atoms with Gasteiger partial charge in [-0.25, -0.2) is 0 Å². The van der Waals surface area contributed by atoms with Gasteiger partial charge in [0.1, 0.15) is 0 Å². The van der Waals surface area contributed by atoms with Gasteiger partial charge in [0.05, 0.1) is 12.0 Å². The number of nitrogens with zero attached hydrogens (tertiary/aromatic N) is 1. The third-order valence-electron chi connectivity index (χ3n) is 3.55. The Morgan fingerprint density at radius 1 is 1.25 bits per heavy atom. The molecule has 112 valence electrons. The summed E-state index contributed by atoms with van der Waals surface area (Å²) in [7, 11) is 0. The second-order valence-corrected chi connectivity index (χ2v) is 5.33. The van der Waals surface area contributed by atoms with Gasteiger partial charge in [-0.2, -0.15) is 0 Å². The second-order valence-electron chi connectivity index (χ2n) is 5.33. The number of nitrogens with two attached hydrogens (primary N) is 1. The fraction of sp³-hybridized carbons (Fsp3) is 0.562. The Labute approximate surface area is 121 Å². The van der Waals surface area contributed by atoms with E-state index in [1.165, 1.54) is 0 Å². The molecule has 0 saturated carbocycles. The van der Waals surface area contributed by atoms with Crippen LogP contribution in [0.3, 0.4) is 0 Å². The number of hydrogen-bond acceptors (Lipinski definition) is 3. The van der Waals surface area contributed by atoms with E-state index in [9.17, 15) is 4.79 Å². The van der Waals surface area contributed by atoms with Crippen molar-refractivity contribution in [3.63, 3.8) is 0 Å². The van der Waals surface area contributed by atoms with E-state index < -0.39 is 5.41 Å². The molecule has 0 atom stereocenters. The van der Waals surface area contributed by atoms with Crippen molar-refractivity contribution in [1.82, 2.24) is 4.90 Å². The maximum atomic E-state index is 12.7. The molecule has 1 amide bonds. The first-order valence-electron chi connectivity index (χ1n) is 7.16. The summed E-state index contributed by atoms with van der Waals surface area (Å²) in [6.07, 6.45) is 0. The molecule has 0 bridgehead atoms. The number of hydrogen-bond donors (Lipinski definition) is 1. The van der Waals surface area contributed by atoms with Gasteiger partial charge in [-0.15, -0.1) is 0 Å². The van der Waals surface area contributed by atoms with Crippen LogP contribution >= 0.6 is 0 Å². The van der Waals surface area contributed by atoms with E-state index in [1.807, 2.05) is 56.9 Å². The van der Waals surface area contributed by atoms with Crippen molar-refractivity contribution in [3.05, 3.63) is 29.8 Å².